The van der Waals surface area contributed by atoms with Gasteiger partial charge in [-0.05, 0) is 42.5 Å². The number of carbonyl (C=O) groups is 1. The van der Waals surface area contributed by atoms with E-state index in [4.69, 9.17) is 0 Å². The van der Waals surface area contributed by atoms with Crippen LogP contribution in [0.1, 0.15) is 10.5 Å². The molecule has 22 heavy (non-hydrogen) atoms. The average molecular weight is 299 g/mol. The minimum atomic E-state index is -0.522. The Morgan fingerprint density at radius 1 is 1.00 bits per heavy atom. The van der Waals surface area contributed by atoms with Gasteiger partial charge in [0.15, 0.2) is 5.69 Å². The standard InChI is InChI=1S/C16H11F2N3O/c17-11-5-7-12(8-6-11)21-10-9-15(20-21)16(22)19-14-4-2-1-3-13(14)18/h1-10H,(H,19,22). The van der Waals surface area contributed by atoms with E-state index in [0.29, 0.717) is 5.69 Å². The minimum absolute atomic E-state index is 0.0869. The van der Waals surface area contributed by atoms with E-state index in [2.05, 4.69) is 10.4 Å². The lowest BCUT2D eigenvalue weighted by molar-refractivity contribution is 0.102. The maximum Gasteiger partial charge on any atom is 0.276 e. The summed E-state index contributed by atoms with van der Waals surface area (Å²) in [6.45, 7) is 0. The van der Waals surface area contributed by atoms with Crippen molar-refractivity contribution in [2.45, 2.75) is 0 Å². The van der Waals surface area contributed by atoms with Gasteiger partial charge in [0.05, 0.1) is 11.4 Å². The second kappa shape index (κ2) is 5.77. The summed E-state index contributed by atoms with van der Waals surface area (Å²) in [6, 6.07) is 13.1. The molecule has 0 saturated heterocycles. The fraction of sp³-hybridized carbons (Fsp3) is 0. The SMILES string of the molecule is O=C(Nc1ccccc1F)c1ccn(-c2ccc(F)cc2)n1. The first-order valence-electron chi connectivity index (χ1n) is 6.51. The molecule has 1 aromatic heterocycles. The highest BCUT2D eigenvalue weighted by molar-refractivity contribution is 6.02. The molecule has 4 nitrogen and oxygen atoms in total. The average Bonchev–Trinajstić information content (AvgIpc) is 3.00. The molecule has 3 rings (SSSR count). The van der Waals surface area contributed by atoms with E-state index < -0.39 is 11.7 Å². The summed E-state index contributed by atoms with van der Waals surface area (Å²) >= 11 is 0. The topological polar surface area (TPSA) is 46.9 Å². The van der Waals surface area contributed by atoms with Gasteiger partial charge in [-0.1, -0.05) is 12.1 Å². The van der Waals surface area contributed by atoms with E-state index in [9.17, 15) is 13.6 Å². The van der Waals surface area contributed by atoms with Crippen molar-refractivity contribution in [1.29, 1.82) is 0 Å². The number of hydrogen-bond donors (Lipinski definition) is 1. The van der Waals surface area contributed by atoms with Gasteiger partial charge in [-0.3, -0.25) is 4.79 Å². The molecule has 3 aromatic rings. The molecule has 0 unspecified atom stereocenters. The number of benzene rings is 2. The Balaban J connectivity index is 1.80. The zero-order valence-corrected chi connectivity index (χ0v) is 11.3. The summed E-state index contributed by atoms with van der Waals surface area (Å²) in [7, 11) is 0. The third-order valence-corrected chi connectivity index (χ3v) is 3.03. The number of anilines is 1. The zero-order chi connectivity index (χ0) is 15.5. The summed E-state index contributed by atoms with van der Waals surface area (Å²) in [4.78, 5) is 12.1. The fourth-order valence-corrected chi connectivity index (χ4v) is 1.93. The molecule has 0 atom stereocenters. The van der Waals surface area contributed by atoms with E-state index in [0.717, 1.165) is 0 Å². The van der Waals surface area contributed by atoms with Crippen molar-refractivity contribution >= 4 is 11.6 Å². The number of rotatable bonds is 3. The Labute approximate surface area is 125 Å². The second-order valence-electron chi connectivity index (χ2n) is 4.56. The molecule has 1 N–H and O–H groups in total. The molecule has 2 aromatic carbocycles. The molecule has 110 valence electrons. The number of carbonyl (C=O) groups excluding carboxylic acids is 1. The predicted molar refractivity (Wildman–Crippen MR) is 77.9 cm³/mol. The number of halogens is 2. The molecular formula is C16H11F2N3O. The molecule has 0 aliphatic carbocycles. The summed E-state index contributed by atoms with van der Waals surface area (Å²) in [5.41, 5.74) is 0.836. The lowest BCUT2D eigenvalue weighted by Gasteiger charge is -2.04. The van der Waals surface area contributed by atoms with Gasteiger partial charge in [-0.15, -0.1) is 0 Å². The Kier molecular flexibility index (Phi) is 3.65. The largest absolute Gasteiger partial charge is 0.318 e. The molecule has 0 aliphatic heterocycles. The van der Waals surface area contributed by atoms with Gasteiger partial charge in [-0.25, -0.2) is 13.5 Å². The fourth-order valence-electron chi connectivity index (χ4n) is 1.93. The van der Waals surface area contributed by atoms with E-state index >= 15 is 0 Å². The van der Waals surface area contributed by atoms with Crippen LogP contribution in [0.4, 0.5) is 14.5 Å². The van der Waals surface area contributed by atoms with Gasteiger partial charge in [-0.2, -0.15) is 5.10 Å². The summed E-state index contributed by atoms with van der Waals surface area (Å²) < 4.78 is 27.8. The van der Waals surface area contributed by atoms with Crippen LogP contribution in [-0.4, -0.2) is 15.7 Å². The predicted octanol–water partition coefficient (Wildman–Crippen LogP) is 3.40. The van der Waals surface area contributed by atoms with Crippen LogP contribution in [0.2, 0.25) is 0 Å². The minimum Gasteiger partial charge on any atom is -0.318 e. The highest BCUT2D eigenvalue weighted by atomic mass is 19.1. The third kappa shape index (κ3) is 2.85. The Bertz CT molecular complexity index is 812. The zero-order valence-electron chi connectivity index (χ0n) is 11.3. The lowest BCUT2D eigenvalue weighted by Crippen LogP contribution is -2.14. The molecule has 0 radical (unpaired) electrons. The van der Waals surface area contributed by atoms with Crippen LogP contribution in [0.3, 0.4) is 0 Å². The second-order valence-corrected chi connectivity index (χ2v) is 4.56. The van der Waals surface area contributed by atoms with Crippen LogP contribution in [0.5, 0.6) is 0 Å². The van der Waals surface area contributed by atoms with E-state index in [1.807, 2.05) is 0 Å². The monoisotopic (exact) mass is 299 g/mol. The summed E-state index contributed by atoms with van der Waals surface area (Å²) in [5, 5.41) is 6.55. The van der Waals surface area contributed by atoms with Crippen LogP contribution >= 0.6 is 0 Å². The Hall–Kier alpha value is -3.02. The molecule has 1 heterocycles. The molecule has 0 fully saturated rings. The van der Waals surface area contributed by atoms with Gasteiger partial charge in [0.1, 0.15) is 11.6 Å². The number of aromatic nitrogens is 2. The van der Waals surface area contributed by atoms with Crippen molar-refractivity contribution in [2.75, 3.05) is 5.32 Å². The first-order valence-corrected chi connectivity index (χ1v) is 6.51. The van der Waals surface area contributed by atoms with Crippen molar-refractivity contribution in [3.8, 4) is 5.69 Å². The van der Waals surface area contributed by atoms with E-state index in [1.54, 1.807) is 24.4 Å². The lowest BCUT2D eigenvalue weighted by atomic mass is 10.3. The van der Waals surface area contributed by atoms with Gasteiger partial charge in [0.2, 0.25) is 0 Å². The first-order chi connectivity index (χ1) is 10.6. The smallest absolute Gasteiger partial charge is 0.276 e. The van der Waals surface area contributed by atoms with Gasteiger partial charge in [0, 0.05) is 6.20 Å². The molecule has 0 aliphatic rings. The Morgan fingerprint density at radius 3 is 2.45 bits per heavy atom. The highest BCUT2D eigenvalue weighted by Crippen LogP contribution is 2.14. The summed E-state index contributed by atoms with van der Waals surface area (Å²) in [6.07, 6.45) is 1.57. The third-order valence-electron chi connectivity index (χ3n) is 3.03. The molecule has 6 heteroatoms. The van der Waals surface area contributed by atoms with E-state index in [-0.39, 0.29) is 17.2 Å². The Morgan fingerprint density at radius 2 is 1.73 bits per heavy atom. The molecule has 0 spiro atoms. The first kappa shape index (κ1) is 13.9. The quantitative estimate of drug-likeness (QED) is 0.805. The van der Waals surface area contributed by atoms with Gasteiger partial charge >= 0.3 is 0 Å². The molecular weight excluding hydrogens is 288 g/mol. The number of para-hydroxylation sites is 1. The molecule has 0 bridgehead atoms. The van der Waals surface area contributed by atoms with Gasteiger partial charge < -0.3 is 5.32 Å². The van der Waals surface area contributed by atoms with Crippen LogP contribution < -0.4 is 5.32 Å². The van der Waals surface area contributed by atoms with Crippen molar-refractivity contribution < 1.29 is 13.6 Å². The van der Waals surface area contributed by atoms with Crippen LogP contribution in [-0.2, 0) is 0 Å². The molecule has 1 amide bonds. The van der Waals surface area contributed by atoms with Crippen LogP contribution in [0.25, 0.3) is 5.69 Å². The summed E-state index contributed by atoms with van der Waals surface area (Å²) in [5.74, 6) is -1.40. The number of amides is 1. The molecule has 0 saturated carbocycles. The van der Waals surface area contributed by atoms with Crippen molar-refractivity contribution in [1.82, 2.24) is 9.78 Å². The normalized spacial score (nSPS) is 10.5. The van der Waals surface area contributed by atoms with Gasteiger partial charge in [0.25, 0.3) is 5.91 Å². The van der Waals surface area contributed by atoms with Crippen molar-refractivity contribution in [3.63, 3.8) is 0 Å². The van der Waals surface area contributed by atoms with Crippen molar-refractivity contribution in [3.05, 3.63) is 78.1 Å². The van der Waals surface area contributed by atoms with Crippen molar-refractivity contribution in [2.24, 2.45) is 0 Å². The maximum atomic E-state index is 13.5. The number of nitrogens with one attached hydrogen (secondary N) is 1. The van der Waals surface area contributed by atoms with E-state index in [1.165, 1.54) is 41.1 Å². The number of hydrogen-bond acceptors (Lipinski definition) is 2. The van der Waals surface area contributed by atoms with Crippen LogP contribution in [0, 0.1) is 11.6 Å². The maximum absolute atomic E-state index is 13.5. The van der Waals surface area contributed by atoms with Crippen LogP contribution in [0.15, 0.2) is 60.8 Å². The highest BCUT2D eigenvalue weighted by Gasteiger charge is 2.12. The number of nitrogens with zero attached hydrogens (tertiary/aromatic N) is 2.